The predicted molar refractivity (Wildman–Crippen MR) is 86.2 cm³/mol. The number of methoxy groups -OCH3 is 1. The number of aromatic nitrogens is 1. The van der Waals surface area contributed by atoms with Gasteiger partial charge in [-0.05, 0) is 17.7 Å². The summed E-state index contributed by atoms with van der Waals surface area (Å²) in [6.07, 6.45) is -0.273. The minimum absolute atomic E-state index is 0.0551. The highest BCUT2D eigenvalue weighted by molar-refractivity contribution is 7.09. The lowest BCUT2D eigenvalue weighted by Gasteiger charge is -2.21. The van der Waals surface area contributed by atoms with Crippen molar-refractivity contribution < 1.29 is 28.2 Å². The third-order valence-corrected chi connectivity index (χ3v) is 4.10. The molecule has 0 spiro atoms. The molecule has 0 saturated carbocycles. The number of aliphatic carboxylic acids is 1. The summed E-state index contributed by atoms with van der Waals surface area (Å²) < 4.78 is 31.3. The molecule has 0 bridgehead atoms. The highest BCUT2D eigenvalue weighted by Crippen LogP contribution is 2.16. The van der Waals surface area contributed by atoms with Crippen LogP contribution in [0.5, 0.6) is 0 Å². The maximum absolute atomic E-state index is 13.4. The van der Waals surface area contributed by atoms with Crippen molar-refractivity contribution in [1.29, 1.82) is 0 Å². The molecule has 1 aromatic heterocycles. The maximum Gasteiger partial charge on any atom is 0.305 e. The van der Waals surface area contributed by atoms with E-state index in [9.17, 15) is 18.4 Å². The van der Waals surface area contributed by atoms with Crippen LogP contribution in [-0.4, -0.2) is 40.5 Å². The van der Waals surface area contributed by atoms with Crippen molar-refractivity contribution in [2.24, 2.45) is 0 Å². The van der Waals surface area contributed by atoms with Gasteiger partial charge in [0.2, 0.25) is 0 Å². The fourth-order valence-electron chi connectivity index (χ4n) is 2.10. The van der Waals surface area contributed by atoms with Gasteiger partial charge in [0.1, 0.15) is 10.7 Å². The summed E-state index contributed by atoms with van der Waals surface area (Å²) in [7, 11) is 1.51. The molecule has 0 saturated heterocycles. The van der Waals surface area contributed by atoms with E-state index in [0.29, 0.717) is 10.6 Å². The van der Waals surface area contributed by atoms with Gasteiger partial charge in [-0.2, -0.15) is 0 Å². The molecule has 1 heterocycles. The number of amides is 1. The van der Waals surface area contributed by atoms with Crippen LogP contribution in [0.1, 0.15) is 27.5 Å². The Morgan fingerprint density at radius 1 is 1.32 bits per heavy atom. The number of nitrogens with zero attached hydrogens (tertiary/aromatic N) is 2. The molecule has 25 heavy (non-hydrogen) atoms. The van der Waals surface area contributed by atoms with Crippen molar-refractivity contribution in [2.45, 2.75) is 19.6 Å². The standard InChI is InChI=1S/C16H16F2N2O4S/c1-24-8-14-19-13(9-25-14)16(23)20(5-4-15(21)22)7-10-2-3-11(17)12(18)6-10/h2-3,6,9H,4-5,7-8H2,1H3,(H,21,22). The summed E-state index contributed by atoms with van der Waals surface area (Å²) in [5.41, 5.74) is 0.509. The number of hydrogen-bond donors (Lipinski definition) is 1. The van der Waals surface area contributed by atoms with Crippen molar-refractivity contribution in [1.82, 2.24) is 9.88 Å². The molecule has 6 nitrogen and oxygen atoms in total. The Balaban J connectivity index is 2.19. The smallest absolute Gasteiger partial charge is 0.305 e. The molecule has 0 radical (unpaired) electrons. The average molecular weight is 370 g/mol. The van der Waals surface area contributed by atoms with E-state index in [1.165, 1.54) is 29.4 Å². The first kappa shape index (κ1) is 18.9. The number of rotatable bonds is 8. The minimum Gasteiger partial charge on any atom is -0.481 e. The van der Waals surface area contributed by atoms with Crippen LogP contribution in [0.3, 0.4) is 0 Å². The van der Waals surface area contributed by atoms with Gasteiger partial charge in [-0.1, -0.05) is 6.07 Å². The van der Waals surface area contributed by atoms with Gasteiger partial charge in [0, 0.05) is 25.6 Å². The van der Waals surface area contributed by atoms with Gasteiger partial charge >= 0.3 is 5.97 Å². The zero-order valence-electron chi connectivity index (χ0n) is 13.4. The Morgan fingerprint density at radius 2 is 2.08 bits per heavy atom. The van der Waals surface area contributed by atoms with Crippen LogP contribution >= 0.6 is 11.3 Å². The lowest BCUT2D eigenvalue weighted by molar-refractivity contribution is -0.137. The summed E-state index contributed by atoms with van der Waals surface area (Å²) in [5, 5.41) is 11.0. The van der Waals surface area contributed by atoms with E-state index in [4.69, 9.17) is 9.84 Å². The van der Waals surface area contributed by atoms with Crippen LogP contribution in [0.4, 0.5) is 8.78 Å². The number of carbonyl (C=O) groups is 2. The van der Waals surface area contributed by atoms with E-state index in [0.717, 1.165) is 12.1 Å². The second-order valence-corrected chi connectivity index (χ2v) is 6.12. The SMILES string of the molecule is COCc1nc(C(=O)N(CCC(=O)O)Cc2ccc(F)c(F)c2)cs1. The van der Waals surface area contributed by atoms with Crippen molar-refractivity contribution >= 4 is 23.2 Å². The van der Waals surface area contributed by atoms with Crippen LogP contribution in [0.25, 0.3) is 0 Å². The molecule has 2 rings (SSSR count). The Morgan fingerprint density at radius 3 is 2.72 bits per heavy atom. The van der Waals surface area contributed by atoms with E-state index >= 15 is 0 Å². The van der Waals surface area contributed by atoms with Crippen molar-refractivity contribution in [3.05, 3.63) is 51.5 Å². The second kappa shape index (κ2) is 8.63. The highest BCUT2D eigenvalue weighted by Gasteiger charge is 2.20. The van der Waals surface area contributed by atoms with Crippen LogP contribution in [-0.2, 0) is 22.7 Å². The molecule has 1 amide bonds. The van der Waals surface area contributed by atoms with E-state index in [1.807, 2.05) is 0 Å². The Labute approximate surface area is 146 Å². The molecule has 0 unspecified atom stereocenters. The van der Waals surface area contributed by atoms with Crippen molar-refractivity contribution in [3.8, 4) is 0 Å². The van der Waals surface area contributed by atoms with Crippen LogP contribution in [0, 0.1) is 11.6 Å². The largest absolute Gasteiger partial charge is 0.481 e. The first-order valence-electron chi connectivity index (χ1n) is 7.29. The molecule has 1 aromatic carbocycles. The van der Waals surface area contributed by atoms with Gasteiger partial charge in [0.25, 0.3) is 5.91 Å². The quantitative estimate of drug-likeness (QED) is 0.773. The third-order valence-electron chi connectivity index (χ3n) is 3.28. The molecule has 0 atom stereocenters. The van der Waals surface area contributed by atoms with E-state index in [1.54, 1.807) is 5.38 Å². The van der Waals surface area contributed by atoms with Gasteiger partial charge in [0.05, 0.1) is 13.0 Å². The number of carboxylic acid groups (broad SMARTS) is 1. The first-order valence-corrected chi connectivity index (χ1v) is 8.17. The molecule has 134 valence electrons. The Bertz CT molecular complexity index is 766. The summed E-state index contributed by atoms with van der Waals surface area (Å²) in [4.78, 5) is 28.8. The Kier molecular flexibility index (Phi) is 6.54. The molecule has 0 aliphatic heterocycles. The summed E-state index contributed by atoms with van der Waals surface area (Å²) in [6.45, 7) is 0.126. The van der Waals surface area contributed by atoms with Crippen molar-refractivity contribution in [3.63, 3.8) is 0 Å². The van der Waals surface area contributed by atoms with E-state index in [2.05, 4.69) is 4.98 Å². The van der Waals surface area contributed by atoms with Gasteiger partial charge in [0.15, 0.2) is 11.6 Å². The van der Waals surface area contributed by atoms with Gasteiger partial charge in [-0.25, -0.2) is 13.8 Å². The van der Waals surface area contributed by atoms with Crippen molar-refractivity contribution in [2.75, 3.05) is 13.7 Å². The lowest BCUT2D eigenvalue weighted by atomic mass is 10.2. The number of thiazole rings is 1. The van der Waals surface area contributed by atoms with Crippen LogP contribution in [0.2, 0.25) is 0 Å². The van der Waals surface area contributed by atoms with E-state index < -0.39 is 23.5 Å². The lowest BCUT2D eigenvalue weighted by Crippen LogP contribution is -2.33. The van der Waals surface area contributed by atoms with Gasteiger partial charge < -0.3 is 14.7 Å². The number of carbonyl (C=O) groups excluding carboxylic acids is 1. The maximum atomic E-state index is 13.4. The highest BCUT2D eigenvalue weighted by atomic mass is 32.1. The summed E-state index contributed by atoms with van der Waals surface area (Å²) in [6, 6.07) is 3.29. The number of benzene rings is 1. The minimum atomic E-state index is -1.07. The summed E-state index contributed by atoms with van der Waals surface area (Å²) >= 11 is 1.25. The number of ether oxygens (including phenoxy) is 1. The molecular formula is C16H16F2N2O4S. The number of halogens is 2. The predicted octanol–water partition coefficient (Wildman–Crippen LogP) is 2.68. The molecule has 0 fully saturated rings. The average Bonchev–Trinajstić information content (AvgIpc) is 3.03. The Hall–Kier alpha value is -2.39. The molecule has 0 aliphatic carbocycles. The fourth-order valence-corrected chi connectivity index (χ4v) is 2.84. The molecule has 9 heteroatoms. The first-order chi connectivity index (χ1) is 11.9. The molecular weight excluding hydrogens is 354 g/mol. The fraction of sp³-hybridized carbons (Fsp3) is 0.312. The normalized spacial score (nSPS) is 10.7. The van der Waals surface area contributed by atoms with Crippen LogP contribution < -0.4 is 0 Å². The molecule has 2 aromatic rings. The molecule has 0 aliphatic rings. The number of hydrogen-bond acceptors (Lipinski definition) is 5. The van der Waals surface area contributed by atoms with E-state index in [-0.39, 0.29) is 31.8 Å². The third kappa shape index (κ3) is 5.30. The zero-order valence-corrected chi connectivity index (χ0v) is 14.2. The zero-order chi connectivity index (χ0) is 18.4. The van der Waals surface area contributed by atoms with Crippen LogP contribution in [0.15, 0.2) is 23.6 Å². The molecule has 1 N–H and O–H groups in total. The second-order valence-electron chi connectivity index (χ2n) is 5.18. The monoisotopic (exact) mass is 370 g/mol. The topological polar surface area (TPSA) is 79.7 Å². The summed E-state index contributed by atoms with van der Waals surface area (Å²) in [5.74, 6) is -3.57. The van der Waals surface area contributed by atoms with Gasteiger partial charge in [-0.15, -0.1) is 11.3 Å². The van der Waals surface area contributed by atoms with Gasteiger partial charge in [-0.3, -0.25) is 9.59 Å². The number of carboxylic acids is 1.